The first-order valence-corrected chi connectivity index (χ1v) is 7.28. The van der Waals surface area contributed by atoms with Crippen molar-refractivity contribution in [3.8, 4) is 11.5 Å². The number of hydrogen-bond acceptors (Lipinski definition) is 5. The molecule has 1 atom stereocenters. The molecular formula is C13H15BrN2O2S. The summed E-state index contributed by atoms with van der Waals surface area (Å²) in [5.41, 5.74) is 4.91. The van der Waals surface area contributed by atoms with Gasteiger partial charge < -0.3 is 9.47 Å². The summed E-state index contributed by atoms with van der Waals surface area (Å²) >= 11 is 5.08. The molecule has 0 bridgehead atoms. The number of thiophene rings is 1. The first-order chi connectivity index (χ1) is 9.17. The van der Waals surface area contributed by atoms with Crippen molar-refractivity contribution in [3.63, 3.8) is 0 Å². The van der Waals surface area contributed by atoms with E-state index >= 15 is 0 Å². The van der Waals surface area contributed by atoms with Crippen LogP contribution in [-0.2, 0) is 0 Å². The number of ether oxygens (including phenoxy) is 2. The highest BCUT2D eigenvalue weighted by Crippen LogP contribution is 2.32. The fourth-order valence-electron chi connectivity index (χ4n) is 1.86. The van der Waals surface area contributed by atoms with Crippen LogP contribution in [0.2, 0.25) is 0 Å². The molecule has 1 aromatic carbocycles. The van der Waals surface area contributed by atoms with Crippen LogP contribution in [0.4, 0.5) is 0 Å². The van der Waals surface area contributed by atoms with E-state index < -0.39 is 0 Å². The number of methoxy groups -OCH3 is 2. The maximum atomic E-state index is 5.69. The first kappa shape index (κ1) is 14.3. The average molecular weight is 343 g/mol. The van der Waals surface area contributed by atoms with Crippen molar-refractivity contribution >= 4 is 27.3 Å². The van der Waals surface area contributed by atoms with E-state index in [2.05, 4.69) is 26.7 Å². The van der Waals surface area contributed by atoms with Crippen molar-refractivity contribution < 1.29 is 9.47 Å². The minimum absolute atomic E-state index is 0.105. The van der Waals surface area contributed by atoms with E-state index in [1.54, 1.807) is 25.6 Å². The molecule has 4 nitrogen and oxygen atoms in total. The third-order valence-electron chi connectivity index (χ3n) is 2.79. The van der Waals surface area contributed by atoms with E-state index in [0.717, 1.165) is 26.4 Å². The fourth-order valence-corrected chi connectivity index (χ4v) is 3.06. The SMILES string of the molecule is COc1cc(OC)cc(C(NN)c2csc(Br)c2)c1. The lowest BCUT2D eigenvalue weighted by atomic mass is 10.0. The van der Waals surface area contributed by atoms with E-state index in [4.69, 9.17) is 15.3 Å². The van der Waals surface area contributed by atoms with Gasteiger partial charge in [0.25, 0.3) is 0 Å². The topological polar surface area (TPSA) is 56.5 Å². The molecule has 102 valence electrons. The van der Waals surface area contributed by atoms with Gasteiger partial charge in [-0.15, -0.1) is 11.3 Å². The van der Waals surface area contributed by atoms with Crippen molar-refractivity contribution in [2.24, 2.45) is 5.84 Å². The molecule has 0 aliphatic rings. The number of nitrogens with one attached hydrogen (secondary N) is 1. The highest BCUT2D eigenvalue weighted by molar-refractivity contribution is 9.11. The Balaban J connectivity index is 2.42. The van der Waals surface area contributed by atoms with Gasteiger partial charge in [0.15, 0.2) is 0 Å². The largest absolute Gasteiger partial charge is 0.497 e. The Bertz CT molecular complexity index is 537. The molecule has 0 saturated carbocycles. The third kappa shape index (κ3) is 3.27. The molecule has 6 heteroatoms. The average Bonchev–Trinajstić information content (AvgIpc) is 2.85. The molecule has 1 aromatic heterocycles. The second-order valence-corrected chi connectivity index (χ2v) is 6.22. The second kappa shape index (κ2) is 6.38. The molecule has 0 fully saturated rings. The van der Waals surface area contributed by atoms with Crippen LogP contribution in [0.3, 0.4) is 0 Å². The molecule has 19 heavy (non-hydrogen) atoms. The van der Waals surface area contributed by atoms with Gasteiger partial charge in [-0.3, -0.25) is 5.84 Å². The van der Waals surface area contributed by atoms with E-state index in [0.29, 0.717) is 0 Å². The van der Waals surface area contributed by atoms with Crippen molar-refractivity contribution in [2.75, 3.05) is 14.2 Å². The van der Waals surface area contributed by atoms with Crippen LogP contribution in [0.1, 0.15) is 17.2 Å². The highest BCUT2D eigenvalue weighted by Gasteiger charge is 2.16. The number of hydrazine groups is 1. The lowest BCUT2D eigenvalue weighted by Gasteiger charge is -2.17. The summed E-state index contributed by atoms with van der Waals surface area (Å²) in [5, 5.41) is 2.06. The normalized spacial score (nSPS) is 12.2. The minimum Gasteiger partial charge on any atom is -0.497 e. The van der Waals surface area contributed by atoms with Gasteiger partial charge in [0.2, 0.25) is 0 Å². The van der Waals surface area contributed by atoms with E-state index in [9.17, 15) is 0 Å². The summed E-state index contributed by atoms with van der Waals surface area (Å²) < 4.78 is 11.6. The van der Waals surface area contributed by atoms with Gasteiger partial charge >= 0.3 is 0 Å². The minimum atomic E-state index is -0.105. The summed E-state index contributed by atoms with van der Waals surface area (Å²) in [7, 11) is 3.26. The predicted octanol–water partition coefficient (Wildman–Crippen LogP) is 3.08. The summed E-state index contributed by atoms with van der Waals surface area (Å²) in [6, 6.07) is 7.66. The van der Waals surface area contributed by atoms with Crippen molar-refractivity contribution in [1.82, 2.24) is 5.43 Å². The third-order valence-corrected chi connectivity index (χ3v) is 4.32. The molecule has 1 unspecified atom stereocenters. The molecule has 2 aromatic rings. The Morgan fingerprint density at radius 1 is 1.11 bits per heavy atom. The molecule has 0 amide bonds. The van der Waals surface area contributed by atoms with Crippen LogP contribution in [0.5, 0.6) is 11.5 Å². The summed E-state index contributed by atoms with van der Waals surface area (Å²) in [4.78, 5) is 0. The van der Waals surface area contributed by atoms with Crippen molar-refractivity contribution in [3.05, 3.63) is 44.6 Å². The van der Waals surface area contributed by atoms with Gasteiger partial charge in [0.1, 0.15) is 11.5 Å². The van der Waals surface area contributed by atoms with Gasteiger partial charge in [-0.1, -0.05) is 0 Å². The predicted molar refractivity (Wildman–Crippen MR) is 80.7 cm³/mol. The van der Waals surface area contributed by atoms with Crippen molar-refractivity contribution in [2.45, 2.75) is 6.04 Å². The maximum absolute atomic E-state index is 5.69. The van der Waals surface area contributed by atoms with Crippen LogP contribution < -0.4 is 20.7 Å². The standard InChI is InChI=1S/C13H15BrN2O2S/c1-17-10-3-8(4-11(6-10)18-2)13(16-15)9-5-12(14)19-7-9/h3-7,13,16H,15H2,1-2H3. The maximum Gasteiger partial charge on any atom is 0.122 e. The van der Waals surface area contributed by atoms with Crippen molar-refractivity contribution in [1.29, 1.82) is 0 Å². The molecule has 1 heterocycles. The van der Waals surface area contributed by atoms with Crippen LogP contribution in [0.25, 0.3) is 0 Å². The Labute approximate surface area is 124 Å². The summed E-state index contributed by atoms with van der Waals surface area (Å²) in [5.74, 6) is 7.17. The summed E-state index contributed by atoms with van der Waals surface area (Å²) in [6.45, 7) is 0. The Kier molecular flexibility index (Phi) is 4.81. The highest BCUT2D eigenvalue weighted by atomic mass is 79.9. The molecule has 3 N–H and O–H groups in total. The lowest BCUT2D eigenvalue weighted by molar-refractivity contribution is 0.392. The molecule has 2 rings (SSSR count). The van der Waals surface area contributed by atoms with Gasteiger partial charge in [-0.2, -0.15) is 0 Å². The molecule has 0 radical (unpaired) electrons. The lowest BCUT2D eigenvalue weighted by Crippen LogP contribution is -2.28. The molecule has 0 aliphatic carbocycles. The van der Waals surface area contributed by atoms with Crippen LogP contribution in [0.15, 0.2) is 33.4 Å². The summed E-state index contributed by atoms with van der Waals surface area (Å²) in [6.07, 6.45) is 0. The Hall–Kier alpha value is -1.08. The van der Waals surface area contributed by atoms with Crippen LogP contribution in [0, 0.1) is 0 Å². The Morgan fingerprint density at radius 2 is 1.74 bits per heavy atom. The number of benzene rings is 1. The van der Waals surface area contributed by atoms with Gasteiger partial charge in [0.05, 0.1) is 24.0 Å². The number of rotatable bonds is 5. The van der Waals surface area contributed by atoms with E-state index in [1.807, 2.05) is 24.3 Å². The van der Waals surface area contributed by atoms with Gasteiger partial charge in [-0.05, 0) is 50.6 Å². The van der Waals surface area contributed by atoms with Gasteiger partial charge in [-0.25, -0.2) is 5.43 Å². The monoisotopic (exact) mass is 342 g/mol. The molecule has 0 saturated heterocycles. The zero-order valence-electron chi connectivity index (χ0n) is 10.6. The fraction of sp³-hybridized carbons (Fsp3) is 0.231. The van der Waals surface area contributed by atoms with E-state index in [1.165, 1.54) is 0 Å². The van der Waals surface area contributed by atoms with Gasteiger partial charge in [0, 0.05) is 6.07 Å². The quantitative estimate of drug-likeness (QED) is 0.647. The number of halogens is 1. The number of nitrogens with two attached hydrogens (primary N) is 1. The number of hydrogen-bond donors (Lipinski definition) is 2. The smallest absolute Gasteiger partial charge is 0.122 e. The molecule has 0 spiro atoms. The van der Waals surface area contributed by atoms with Crippen LogP contribution >= 0.6 is 27.3 Å². The second-order valence-electron chi connectivity index (χ2n) is 3.93. The molecule has 0 aliphatic heterocycles. The first-order valence-electron chi connectivity index (χ1n) is 5.61. The molecular weight excluding hydrogens is 328 g/mol. The Morgan fingerprint density at radius 3 is 2.16 bits per heavy atom. The van der Waals surface area contributed by atoms with Crippen LogP contribution in [-0.4, -0.2) is 14.2 Å². The van der Waals surface area contributed by atoms with E-state index in [-0.39, 0.29) is 6.04 Å². The zero-order valence-corrected chi connectivity index (χ0v) is 13.0. The zero-order chi connectivity index (χ0) is 13.8.